The maximum Gasteiger partial charge on any atom is 0.332 e. The number of halogens is 3. The van der Waals surface area contributed by atoms with Crippen LogP contribution in [0, 0.1) is 0 Å². The normalized spacial score (nSPS) is 11.7. The van der Waals surface area contributed by atoms with Gasteiger partial charge in [-0.1, -0.05) is 35.9 Å². The molecule has 0 amide bonds. The van der Waals surface area contributed by atoms with E-state index in [4.69, 9.17) is 23.2 Å². The van der Waals surface area contributed by atoms with Crippen molar-refractivity contribution in [2.45, 2.75) is 4.90 Å². The molecule has 3 nitrogen and oxygen atoms in total. The number of benzene rings is 2. The fourth-order valence-corrected chi connectivity index (χ4v) is 2.85. The van der Waals surface area contributed by atoms with E-state index >= 15 is 0 Å². The predicted molar refractivity (Wildman–Crippen MR) is 67.4 cm³/mol. The Bertz CT molecular complexity index is 756. The maximum atomic E-state index is 13.2. The molecule has 2 rings (SSSR count). The van der Waals surface area contributed by atoms with Gasteiger partial charge in [0.2, 0.25) is 0 Å². The van der Waals surface area contributed by atoms with Crippen LogP contribution < -0.4 is 0 Å². The Kier molecular flexibility index (Phi) is 3.31. The lowest BCUT2D eigenvalue weighted by Gasteiger charge is -2.08. The van der Waals surface area contributed by atoms with E-state index in [1.165, 1.54) is 18.2 Å². The summed E-state index contributed by atoms with van der Waals surface area (Å²) >= 11 is 11.2. The van der Waals surface area contributed by atoms with Crippen LogP contribution in [0.5, 0.6) is 0 Å². The Labute approximate surface area is 112 Å². The minimum atomic E-state index is -4.97. The van der Waals surface area contributed by atoms with Gasteiger partial charge in [-0.2, -0.15) is 8.42 Å². The van der Waals surface area contributed by atoms with Crippen molar-refractivity contribution in [3.63, 3.8) is 0 Å². The zero-order chi connectivity index (χ0) is 13.5. The van der Waals surface area contributed by atoms with Crippen LogP contribution in [0.2, 0.25) is 5.02 Å². The van der Waals surface area contributed by atoms with Gasteiger partial charge in [-0.25, -0.2) is 0 Å². The van der Waals surface area contributed by atoms with Crippen molar-refractivity contribution < 1.29 is 17.1 Å². The molecule has 0 bridgehead atoms. The minimum Gasteiger partial charge on any atom is -0.276 e. The maximum absolute atomic E-state index is 13.2. The second-order valence-corrected chi connectivity index (χ2v) is 5.53. The lowest BCUT2D eigenvalue weighted by molar-refractivity contribution is 0.108. The van der Waals surface area contributed by atoms with Crippen molar-refractivity contribution in [1.82, 2.24) is 0 Å². The minimum absolute atomic E-state index is 0.00185. The van der Waals surface area contributed by atoms with Crippen LogP contribution in [0.1, 0.15) is 10.4 Å². The molecule has 0 aromatic heterocycles. The zero-order valence-corrected chi connectivity index (χ0v) is 11.0. The van der Waals surface area contributed by atoms with Crippen molar-refractivity contribution in [3.8, 4) is 0 Å². The van der Waals surface area contributed by atoms with Crippen LogP contribution in [0.15, 0.2) is 35.2 Å². The first kappa shape index (κ1) is 13.3. The van der Waals surface area contributed by atoms with Crippen molar-refractivity contribution in [2.75, 3.05) is 0 Å². The number of fused-ring (bicyclic) bond motifs is 1. The van der Waals surface area contributed by atoms with Crippen molar-refractivity contribution in [1.29, 1.82) is 0 Å². The Morgan fingerprint density at radius 3 is 2.22 bits per heavy atom. The second-order valence-electron chi connectivity index (χ2n) is 3.49. The topological polar surface area (TPSA) is 51.2 Å². The molecule has 0 radical (unpaired) electrons. The largest absolute Gasteiger partial charge is 0.332 e. The van der Waals surface area contributed by atoms with Crippen LogP contribution in [-0.2, 0) is 10.2 Å². The van der Waals surface area contributed by atoms with E-state index in [1.807, 2.05) is 0 Å². The molecule has 18 heavy (non-hydrogen) atoms. The fourth-order valence-electron chi connectivity index (χ4n) is 1.65. The van der Waals surface area contributed by atoms with Crippen molar-refractivity contribution in [2.24, 2.45) is 0 Å². The van der Waals surface area contributed by atoms with Gasteiger partial charge in [0.15, 0.2) is 0 Å². The van der Waals surface area contributed by atoms with Crippen LogP contribution in [-0.4, -0.2) is 13.7 Å². The zero-order valence-electron chi connectivity index (χ0n) is 8.65. The summed E-state index contributed by atoms with van der Waals surface area (Å²) in [5, 5.41) is -0.595. The Morgan fingerprint density at radius 1 is 1.17 bits per heavy atom. The van der Waals surface area contributed by atoms with Gasteiger partial charge in [-0.15, -0.1) is 3.89 Å². The molecule has 94 valence electrons. The number of rotatable bonds is 2. The SMILES string of the molecule is O=C(Cl)c1cc(S(=O)(=O)F)c2ccccc2c1Cl. The molecule has 7 heteroatoms. The summed E-state index contributed by atoms with van der Waals surface area (Å²) in [6, 6.07) is 6.85. The molecule has 0 spiro atoms. The quantitative estimate of drug-likeness (QED) is 0.798. The molecule has 0 aliphatic rings. The molecule has 2 aromatic carbocycles. The van der Waals surface area contributed by atoms with E-state index in [2.05, 4.69) is 0 Å². The Morgan fingerprint density at radius 2 is 1.72 bits per heavy atom. The third-order valence-corrected chi connectivity index (χ3v) is 3.89. The number of hydrogen-bond acceptors (Lipinski definition) is 3. The van der Waals surface area contributed by atoms with Gasteiger partial charge < -0.3 is 0 Å². The Balaban J connectivity index is 3.03. The fraction of sp³-hybridized carbons (Fsp3) is 0. The molecule has 0 aliphatic heterocycles. The molecular formula is C11H5Cl2FO3S. The highest BCUT2D eigenvalue weighted by Gasteiger charge is 2.22. The molecular weight excluding hydrogens is 302 g/mol. The van der Waals surface area contributed by atoms with Crippen molar-refractivity contribution >= 4 is 49.4 Å². The van der Waals surface area contributed by atoms with Gasteiger partial charge in [0.1, 0.15) is 4.90 Å². The molecule has 0 saturated carbocycles. The standard InChI is InChI=1S/C11H5Cl2FO3S/c12-10-7-4-2-1-3-6(7)9(18(14,16)17)5-8(10)11(13)15/h1-5H. The van der Waals surface area contributed by atoms with Gasteiger partial charge in [-0.05, 0) is 17.7 Å². The first-order valence-electron chi connectivity index (χ1n) is 4.68. The van der Waals surface area contributed by atoms with E-state index in [-0.39, 0.29) is 21.4 Å². The van der Waals surface area contributed by atoms with Crippen LogP contribution in [0.3, 0.4) is 0 Å². The van der Waals surface area contributed by atoms with Crippen LogP contribution >= 0.6 is 23.2 Å². The summed E-state index contributed by atoms with van der Waals surface area (Å²) in [7, 11) is -4.97. The number of carbonyl (C=O) groups excluding carboxylic acids is 1. The van der Waals surface area contributed by atoms with Gasteiger partial charge in [-0.3, -0.25) is 4.79 Å². The average Bonchev–Trinajstić information content (AvgIpc) is 2.27. The highest BCUT2D eigenvalue weighted by molar-refractivity contribution is 7.86. The summed E-state index contributed by atoms with van der Waals surface area (Å²) in [6.07, 6.45) is 0. The smallest absolute Gasteiger partial charge is 0.276 e. The van der Waals surface area contributed by atoms with Crippen molar-refractivity contribution in [3.05, 3.63) is 40.9 Å². The van der Waals surface area contributed by atoms with Crippen LogP contribution in [0.25, 0.3) is 10.8 Å². The summed E-state index contributed by atoms with van der Waals surface area (Å²) in [6.45, 7) is 0. The summed E-state index contributed by atoms with van der Waals surface area (Å²) < 4.78 is 35.3. The highest BCUT2D eigenvalue weighted by Crippen LogP contribution is 2.34. The third-order valence-electron chi connectivity index (χ3n) is 2.42. The lowest BCUT2D eigenvalue weighted by atomic mass is 10.1. The average molecular weight is 307 g/mol. The molecule has 0 atom stereocenters. The lowest BCUT2D eigenvalue weighted by Crippen LogP contribution is -1.99. The number of carbonyl (C=O) groups is 1. The molecule has 0 unspecified atom stereocenters. The van der Waals surface area contributed by atoms with E-state index in [0.717, 1.165) is 6.07 Å². The van der Waals surface area contributed by atoms with Gasteiger partial charge in [0.05, 0.1) is 10.6 Å². The third kappa shape index (κ3) is 2.21. The van der Waals surface area contributed by atoms with Gasteiger partial charge in [0.25, 0.3) is 5.24 Å². The molecule has 0 N–H and O–H groups in total. The first-order valence-corrected chi connectivity index (χ1v) is 6.82. The molecule has 0 fully saturated rings. The van der Waals surface area contributed by atoms with Gasteiger partial charge in [0, 0.05) is 10.8 Å². The summed E-state index contributed by atoms with van der Waals surface area (Å²) in [5.41, 5.74) is -0.242. The van der Waals surface area contributed by atoms with Crippen LogP contribution in [0.4, 0.5) is 3.89 Å². The molecule has 0 aliphatic carbocycles. The second kappa shape index (κ2) is 4.50. The van der Waals surface area contributed by atoms with E-state index in [9.17, 15) is 17.1 Å². The van der Waals surface area contributed by atoms with E-state index in [0.29, 0.717) is 0 Å². The monoisotopic (exact) mass is 306 g/mol. The molecule has 0 heterocycles. The highest BCUT2D eigenvalue weighted by atomic mass is 35.5. The Hall–Kier alpha value is -1.17. The van der Waals surface area contributed by atoms with E-state index < -0.39 is 20.4 Å². The summed E-state index contributed by atoms with van der Waals surface area (Å²) in [5.74, 6) is 0. The molecule has 0 saturated heterocycles. The summed E-state index contributed by atoms with van der Waals surface area (Å²) in [4.78, 5) is 10.5. The predicted octanol–water partition coefficient (Wildman–Crippen LogP) is 3.53. The first-order chi connectivity index (χ1) is 8.32. The molecule has 2 aromatic rings. The van der Waals surface area contributed by atoms with Gasteiger partial charge >= 0.3 is 10.2 Å². The van der Waals surface area contributed by atoms with E-state index in [1.54, 1.807) is 6.07 Å². The number of hydrogen-bond donors (Lipinski definition) is 0.